The summed E-state index contributed by atoms with van der Waals surface area (Å²) in [7, 11) is 0.862. The molecule has 0 spiro atoms. The summed E-state index contributed by atoms with van der Waals surface area (Å²) in [5.41, 5.74) is 1.88. The molecule has 0 heterocycles. The lowest BCUT2D eigenvalue weighted by Gasteiger charge is -2.31. The molecule has 0 aliphatic carbocycles. The molecule has 5 nitrogen and oxygen atoms in total. The molecule has 166 valence electrons. The van der Waals surface area contributed by atoms with Gasteiger partial charge in [0.2, 0.25) is 0 Å². The zero-order valence-electron chi connectivity index (χ0n) is 19.6. The fourth-order valence-corrected chi connectivity index (χ4v) is 5.21. The number of aromatic hydroxyl groups is 1. The van der Waals surface area contributed by atoms with E-state index < -0.39 is 13.3 Å². The fraction of sp³-hybridized carbons (Fsp3) is 0.500. The molecule has 0 amide bonds. The third kappa shape index (κ3) is 4.91. The molecule has 0 saturated heterocycles. The van der Waals surface area contributed by atoms with Crippen LogP contribution in [0.3, 0.4) is 0 Å². The van der Waals surface area contributed by atoms with Crippen molar-refractivity contribution in [2.75, 3.05) is 21.3 Å². The Bertz CT molecular complexity index is 877. The van der Waals surface area contributed by atoms with Crippen LogP contribution >= 0.6 is 7.60 Å². The van der Waals surface area contributed by atoms with Gasteiger partial charge in [-0.1, -0.05) is 65.8 Å². The predicted octanol–water partition coefficient (Wildman–Crippen LogP) is 6.57. The van der Waals surface area contributed by atoms with Gasteiger partial charge in [-0.25, -0.2) is 0 Å². The zero-order chi connectivity index (χ0) is 22.9. The van der Waals surface area contributed by atoms with Crippen molar-refractivity contribution in [3.8, 4) is 11.5 Å². The van der Waals surface area contributed by atoms with Gasteiger partial charge in [0.05, 0.1) is 7.11 Å². The third-order valence-corrected chi connectivity index (χ3v) is 7.57. The lowest BCUT2D eigenvalue weighted by Crippen LogP contribution is -2.19. The van der Waals surface area contributed by atoms with E-state index in [9.17, 15) is 9.67 Å². The Morgan fingerprint density at radius 1 is 0.800 bits per heavy atom. The number of methoxy groups -OCH3 is 1. The van der Waals surface area contributed by atoms with Gasteiger partial charge in [0, 0.05) is 14.2 Å². The van der Waals surface area contributed by atoms with E-state index in [-0.39, 0.29) is 16.6 Å². The summed E-state index contributed by atoms with van der Waals surface area (Å²) in [4.78, 5) is 0. The van der Waals surface area contributed by atoms with E-state index in [0.717, 1.165) is 22.3 Å². The normalized spacial score (nSPS) is 13.9. The molecule has 1 atom stereocenters. The van der Waals surface area contributed by atoms with Crippen molar-refractivity contribution >= 4 is 7.60 Å². The molecule has 0 radical (unpaired) electrons. The van der Waals surface area contributed by atoms with Gasteiger partial charge < -0.3 is 18.9 Å². The van der Waals surface area contributed by atoms with Crippen molar-refractivity contribution in [1.29, 1.82) is 0 Å². The van der Waals surface area contributed by atoms with Crippen molar-refractivity contribution < 1.29 is 23.5 Å². The SMILES string of the molecule is COc1ccc(C(c2cc(C(C)(C)C)c(O)c(C(C)(C)C)c2)P(=O)(OC)OC)cc1. The molecule has 6 heteroatoms. The second-order valence-corrected chi connectivity index (χ2v) is 11.9. The smallest absolute Gasteiger partial charge is 0.341 e. The number of phenols is 1. The highest BCUT2D eigenvalue weighted by atomic mass is 31.2. The van der Waals surface area contributed by atoms with Crippen molar-refractivity contribution in [3.05, 3.63) is 58.7 Å². The van der Waals surface area contributed by atoms with E-state index in [1.165, 1.54) is 14.2 Å². The topological polar surface area (TPSA) is 65.0 Å². The molecule has 1 unspecified atom stereocenters. The van der Waals surface area contributed by atoms with E-state index in [1.54, 1.807) is 7.11 Å². The summed E-state index contributed by atoms with van der Waals surface area (Å²) in [6.07, 6.45) is 0. The van der Waals surface area contributed by atoms with Crippen molar-refractivity contribution in [3.63, 3.8) is 0 Å². The van der Waals surface area contributed by atoms with Gasteiger partial charge in [0.25, 0.3) is 0 Å². The van der Waals surface area contributed by atoms with Crippen LogP contribution in [0, 0.1) is 0 Å². The maximum Gasteiger partial charge on any atom is 0.341 e. The van der Waals surface area contributed by atoms with Crippen LogP contribution in [0.2, 0.25) is 0 Å². The number of benzene rings is 2. The fourth-order valence-electron chi connectivity index (χ4n) is 3.59. The molecular weight excluding hydrogens is 399 g/mol. The molecule has 0 saturated carbocycles. The first kappa shape index (κ1) is 24.5. The Morgan fingerprint density at radius 3 is 1.57 bits per heavy atom. The van der Waals surface area contributed by atoms with Crippen LogP contribution < -0.4 is 4.74 Å². The molecule has 2 aromatic carbocycles. The molecule has 0 aliphatic heterocycles. The van der Waals surface area contributed by atoms with E-state index in [1.807, 2.05) is 77.9 Å². The number of hydrogen-bond acceptors (Lipinski definition) is 5. The summed E-state index contributed by atoms with van der Waals surface area (Å²) in [6, 6.07) is 11.2. The minimum Gasteiger partial charge on any atom is -0.507 e. The molecule has 0 aromatic heterocycles. The van der Waals surface area contributed by atoms with Crippen molar-refractivity contribution in [2.45, 2.75) is 58.0 Å². The van der Waals surface area contributed by atoms with Gasteiger partial charge in [0.1, 0.15) is 17.2 Å². The summed E-state index contributed by atoms with van der Waals surface area (Å²) >= 11 is 0. The van der Waals surface area contributed by atoms with E-state index in [0.29, 0.717) is 5.75 Å². The van der Waals surface area contributed by atoms with Crippen molar-refractivity contribution in [1.82, 2.24) is 0 Å². The van der Waals surface area contributed by atoms with E-state index in [4.69, 9.17) is 13.8 Å². The molecule has 30 heavy (non-hydrogen) atoms. The molecular formula is C24H35O5P. The Hall–Kier alpha value is -1.81. The third-order valence-electron chi connectivity index (χ3n) is 5.32. The van der Waals surface area contributed by atoms with Gasteiger partial charge in [-0.15, -0.1) is 0 Å². The second kappa shape index (κ2) is 8.74. The zero-order valence-corrected chi connectivity index (χ0v) is 20.5. The number of ether oxygens (including phenoxy) is 1. The Kier molecular flexibility index (Phi) is 7.13. The van der Waals surface area contributed by atoms with Gasteiger partial charge >= 0.3 is 7.60 Å². The monoisotopic (exact) mass is 434 g/mol. The minimum atomic E-state index is -3.54. The van der Waals surface area contributed by atoms with Crippen LogP contribution in [0.25, 0.3) is 0 Å². The first-order valence-electron chi connectivity index (χ1n) is 10.0. The molecule has 1 N–H and O–H groups in total. The highest BCUT2D eigenvalue weighted by molar-refractivity contribution is 7.54. The number of phenolic OH excluding ortho intramolecular Hbond substituents is 1. The number of rotatable bonds is 6. The van der Waals surface area contributed by atoms with Crippen LogP contribution in [-0.4, -0.2) is 26.4 Å². The van der Waals surface area contributed by atoms with Crippen molar-refractivity contribution in [2.24, 2.45) is 0 Å². The highest BCUT2D eigenvalue weighted by Crippen LogP contribution is 2.63. The van der Waals surface area contributed by atoms with Crippen LogP contribution in [-0.2, 0) is 24.4 Å². The van der Waals surface area contributed by atoms with E-state index in [2.05, 4.69) is 0 Å². The van der Waals surface area contributed by atoms with Crippen LogP contribution in [0.15, 0.2) is 36.4 Å². The minimum absolute atomic E-state index is 0.275. The molecule has 2 aromatic rings. The first-order valence-corrected chi connectivity index (χ1v) is 11.6. The average Bonchev–Trinajstić information content (AvgIpc) is 2.67. The summed E-state index contributed by atoms with van der Waals surface area (Å²) in [5, 5.41) is 11.1. The maximum atomic E-state index is 13.7. The quantitative estimate of drug-likeness (QED) is 0.521. The van der Waals surface area contributed by atoms with Gasteiger partial charge in [-0.2, -0.15) is 0 Å². The van der Waals surface area contributed by atoms with Crippen LogP contribution in [0.5, 0.6) is 11.5 Å². The summed E-state index contributed by atoms with van der Waals surface area (Å²) in [5.74, 6) is 0.982. The van der Waals surface area contributed by atoms with Gasteiger partial charge in [-0.05, 0) is 45.2 Å². The first-order chi connectivity index (χ1) is 13.8. The molecule has 0 fully saturated rings. The Labute approximate surface area is 180 Å². The molecule has 0 aliphatic rings. The standard InChI is InChI=1S/C24H35O5P/c1-23(2,3)19-14-17(15-20(21(19)25)24(4,5)6)22(30(26,28-8)29-9)16-10-12-18(27-7)13-11-16/h10-15,22,25H,1-9H3. The largest absolute Gasteiger partial charge is 0.507 e. The van der Waals surface area contributed by atoms with Gasteiger partial charge in [0.15, 0.2) is 0 Å². The van der Waals surface area contributed by atoms with E-state index >= 15 is 0 Å². The summed E-state index contributed by atoms with van der Waals surface area (Å²) in [6.45, 7) is 12.3. The summed E-state index contributed by atoms with van der Waals surface area (Å²) < 4.78 is 29.8. The molecule has 0 bridgehead atoms. The lowest BCUT2D eigenvalue weighted by atomic mass is 9.78. The van der Waals surface area contributed by atoms with Crippen LogP contribution in [0.1, 0.15) is 69.5 Å². The Balaban J connectivity index is 2.88. The van der Waals surface area contributed by atoms with Gasteiger partial charge in [-0.3, -0.25) is 4.57 Å². The second-order valence-electron chi connectivity index (χ2n) is 9.55. The highest BCUT2D eigenvalue weighted by Gasteiger charge is 2.39. The lowest BCUT2D eigenvalue weighted by molar-refractivity contribution is 0.269. The maximum absolute atomic E-state index is 13.7. The Morgan fingerprint density at radius 2 is 1.23 bits per heavy atom. The number of hydrogen-bond donors (Lipinski definition) is 1. The van der Waals surface area contributed by atoms with Crippen LogP contribution in [0.4, 0.5) is 0 Å². The molecule has 2 rings (SSSR count). The predicted molar refractivity (Wildman–Crippen MR) is 122 cm³/mol. The average molecular weight is 435 g/mol.